The molecule has 6 nitrogen and oxygen atoms in total. The van der Waals surface area contributed by atoms with Crippen molar-refractivity contribution in [2.24, 2.45) is 7.05 Å². The van der Waals surface area contributed by atoms with E-state index >= 15 is 0 Å². The summed E-state index contributed by atoms with van der Waals surface area (Å²) >= 11 is 0. The van der Waals surface area contributed by atoms with Crippen LogP contribution < -0.4 is 5.32 Å². The molecule has 0 spiro atoms. The summed E-state index contributed by atoms with van der Waals surface area (Å²) in [4.78, 5) is 0. The fourth-order valence-corrected chi connectivity index (χ4v) is 1.76. The highest BCUT2D eigenvalue weighted by Gasteiger charge is 2.01. The second-order valence-electron chi connectivity index (χ2n) is 4.25. The summed E-state index contributed by atoms with van der Waals surface area (Å²) in [6, 6.07) is 2.11. The first-order valence-corrected chi connectivity index (χ1v) is 5.97. The van der Waals surface area contributed by atoms with Crippen molar-refractivity contribution in [1.82, 2.24) is 24.9 Å². The van der Waals surface area contributed by atoms with Crippen molar-refractivity contribution >= 4 is 0 Å². The van der Waals surface area contributed by atoms with Crippen LogP contribution in [0.25, 0.3) is 0 Å². The van der Waals surface area contributed by atoms with Gasteiger partial charge in [0.05, 0.1) is 13.2 Å². The first-order chi connectivity index (χ1) is 8.78. The molecule has 0 fully saturated rings. The van der Waals surface area contributed by atoms with Crippen molar-refractivity contribution in [3.8, 4) is 0 Å². The Balaban J connectivity index is 1.82. The largest absolute Gasteiger partial charge is 0.383 e. The molecule has 2 aromatic heterocycles. The molecular weight excluding hydrogens is 230 g/mol. The van der Waals surface area contributed by atoms with Crippen molar-refractivity contribution in [3.05, 3.63) is 35.9 Å². The third-order valence-corrected chi connectivity index (χ3v) is 2.62. The quantitative estimate of drug-likeness (QED) is 0.722. The van der Waals surface area contributed by atoms with Gasteiger partial charge in [0.2, 0.25) is 0 Å². The maximum atomic E-state index is 4.98. The lowest BCUT2D eigenvalue weighted by molar-refractivity contribution is 0.199. The highest BCUT2D eigenvalue weighted by molar-refractivity contribution is 5.11. The van der Waals surface area contributed by atoms with E-state index in [2.05, 4.69) is 38.7 Å². The van der Waals surface area contributed by atoms with E-state index < -0.39 is 0 Å². The van der Waals surface area contributed by atoms with Crippen LogP contribution in [-0.2, 0) is 24.9 Å². The van der Waals surface area contributed by atoms with Crippen molar-refractivity contribution in [2.75, 3.05) is 20.3 Å². The summed E-state index contributed by atoms with van der Waals surface area (Å²) < 4.78 is 8.80. The lowest BCUT2D eigenvalue weighted by atomic mass is 10.3. The second kappa shape index (κ2) is 6.32. The fraction of sp³-hybridized carbons (Fsp3) is 0.500. The molecule has 2 heterocycles. The SMILES string of the molecule is COCCNCc1ccn(Cc2cn(C)nn2)c1. The van der Waals surface area contributed by atoms with Gasteiger partial charge in [0.15, 0.2) is 0 Å². The van der Waals surface area contributed by atoms with Crippen molar-refractivity contribution in [3.63, 3.8) is 0 Å². The Kier molecular flexibility index (Phi) is 4.49. The summed E-state index contributed by atoms with van der Waals surface area (Å²) in [6.45, 7) is 3.22. The van der Waals surface area contributed by atoms with Gasteiger partial charge in [0.25, 0.3) is 0 Å². The highest BCUT2D eigenvalue weighted by atomic mass is 16.5. The summed E-state index contributed by atoms with van der Waals surface area (Å²) in [5.74, 6) is 0. The standard InChI is InChI=1S/C12H19N5O/c1-16-9-12(14-15-16)10-17-5-3-11(8-17)7-13-4-6-18-2/h3,5,8-9,13H,4,6-7,10H2,1-2H3. The van der Waals surface area contributed by atoms with Gasteiger partial charge in [-0.15, -0.1) is 5.10 Å². The first-order valence-electron chi connectivity index (χ1n) is 5.97. The summed E-state index contributed by atoms with van der Waals surface area (Å²) in [6.07, 6.45) is 6.10. The Bertz CT molecular complexity index is 476. The number of hydrogen-bond donors (Lipinski definition) is 1. The predicted octanol–water partition coefficient (Wildman–Crippen LogP) is 0.401. The molecule has 18 heavy (non-hydrogen) atoms. The van der Waals surface area contributed by atoms with Crippen molar-refractivity contribution in [1.29, 1.82) is 0 Å². The summed E-state index contributed by atoms with van der Waals surface area (Å²) in [5, 5.41) is 11.3. The van der Waals surface area contributed by atoms with Crippen LogP contribution in [0.2, 0.25) is 0 Å². The van der Waals surface area contributed by atoms with Gasteiger partial charge in [-0.1, -0.05) is 5.21 Å². The molecule has 0 atom stereocenters. The summed E-state index contributed by atoms with van der Waals surface area (Å²) in [7, 11) is 3.58. The molecule has 98 valence electrons. The van der Waals surface area contributed by atoms with Crippen LogP contribution in [0.15, 0.2) is 24.7 Å². The number of hydrogen-bond acceptors (Lipinski definition) is 4. The molecule has 0 aliphatic carbocycles. The van der Waals surface area contributed by atoms with Gasteiger partial charge >= 0.3 is 0 Å². The van der Waals surface area contributed by atoms with Gasteiger partial charge in [-0.25, -0.2) is 0 Å². The zero-order valence-electron chi connectivity index (χ0n) is 10.8. The molecule has 0 saturated carbocycles. The van der Waals surface area contributed by atoms with Gasteiger partial charge in [0.1, 0.15) is 5.69 Å². The molecule has 0 unspecified atom stereocenters. The van der Waals surface area contributed by atoms with Crippen LogP contribution >= 0.6 is 0 Å². The Labute approximate surface area is 107 Å². The Morgan fingerprint density at radius 2 is 2.28 bits per heavy atom. The third kappa shape index (κ3) is 3.68. The average molecular weight is 249 g/mol. The minimum atomic E-state index is 0.736. The molecule has 0 aromatic carbocycles. The minimum Gasteiger partial charge on any atom is -0.383 e. The molecule has 2 aromatic rings. The van der Waals surface area contributed by atoms with Gasteiger partial charge in [-0.05, 0) is 11.6 Å². The number of aromatic nitrogens is 4. The molecule has 0 bridgehead atoms. The van der Waals surface area contributed by atoms with Crippen LogP contribution in [0.3, 0.4) is 0 Å². The maximum absolute atomic E-state index is 4.98. The number of methoxy groups -OCH3 is 1. The molecule has 0 aliphatic rings. The van der Waals surface area contributed by atoms with Crippen LogP contribution in [-0.4, -0.2) is 39.8 Å². The maximum Gasteiger partial charge on any atom is 0.102 e. The van der Waals surface area contributed by atoms with Crippen LogP contribution in [0.1, 0.15) is 11.3 Å². The van der Waals surface area contributed by atoms with E-state index in [1.165, 1.54) is 5.56 Å². The molecule has 2 rings (SSSR count). The number of nitrogens with zero attached hydrogens (tertiary/aromatic N) is 4. The number of nitrogens with one attached hydrogen (secondary N) is 1. The van der Waals surface area contributed by atoms with E-state index in [0.29, 0.717) is 0 Å². The van der Waals surface area contributed by atoms with Gasteiger partial charge < -0.3 is 14.6 Å². The number of rotatable bonds is 7. The molecular formula is C12H19N5O. The van der Waals surface area contributed by atoms with Crippen LogP contribution in [0.4, 0.5) is 0 Å². The Morgan fingerprint density at radius 3 is 3.00 bits per heavy atom. The van der Waals surface area contributed by atoms with Crippen LogP contribution in [0, 0.1) is 0 Å². The van der Waals surface area contributed by atoms with Gasteiger partial charge in [-0.2, -0.15) is 0 Å². The van der Waals surface area contributed by atoms with Crippen molar-refractivity contribution in [2.45, 2.75) is 13.1 Å². The van der Waals surface area contributed by atoms with E-state index in [0.717, 1.165) is 31.9 Å². The molecule has 0 radical (unpaired) electrons. The minimum absolute atomic E-state index is 0.736. The highest BCUT2D eigenvalue weighted by Crippen LogP contribution is 2.04. The Hall–Kier alpha value is -1.66. The smallest absolute Gasteiger partial charge is 0.102 e. The lowest BCUT2D eigenvalue weighted by Gasteiger charge is -2.01. The van der Waals surface area contributed by atoms with Gasteiger partial charge in [-0.3, -0.25) is 4.68 Å². The molecule has 0 saturated heterocycles. The average Bonchev–Trinajstić information content (AvgIpc) is 2.95. The molecule has 1 N–H and O–H groups in total. The first kappa shape index (κ1) is 12.8. The van der Waals surface area contributed by atoms with E-state index in [1.807, 2.05) is 13.2 Å². The fourth-order valence-electron chi connectivity index (χ4n) is 1.76. The third-order valence-electron chi connectivity index (χ3n) is 2.62. The van der Waals surface area contributed by atoms with Crippen molar-refractivity contribution < 1.29 is 4.74 Å². The number of ether oxygens (including phenoxy) is 1. The number of aryl methyl sites for hydroxylation is 1. The van der Waals surface area contributed by atoms with E-state index in [9.17, 15) is 0 Å². The molecule has 0 amide bonds. The normalized spacial score (nSPS) is 11.0. The monoisotopic (exact) mass is 249 g/mol. The predicted molar refractivity (Wildman–Crippen MR) is 68.1 cm³/mol. The molecule has 6 heteroatoms. The topological polar surface area (TPSA) is 56.9 Å². The molecule has 0 aliphatic heterocycles. The van der Waals surface area contributed by atoms with Gasteiger partial charge in [0, 0.05) is 45.8 Å². The van der Waals surface area contributed by atoms with Crippen LogP contribution in [0.5, 0.6) is 0 Å². The van der Waals surface area contributed by atoms with E-state index in [1.54, 1.807) is 11.8 Å². The second-order valence-corrected chi connectivity index (χ2v) is 4.25. The zero-order valence-corrected chi connectivity index (χ0v) is 10.8. The lowest BCUT2D eigenvalue weighted by Crippen LogP contribution is -2.18. The van der Waals surface area contributed by atoms with E-state index in [4.69, 9.17) is 4.74 Å². The zero-order chi connectivity index (χ0) is 12.8. The Morgan fingerprint density at radius 1 is 1.39 bits per heavy atom. The summed E-state index contributed by atoms with van der Waals surface area (Å²) in [5.41, 5.74) is 2.22. The van der Waals surface area contributed by atoms with E-state index in [-0.39, 0.29) is 0 Å².